The van der Waals surface area contributed by atoms with Crippen LogP contribution in [0, 0.1) is 11.8 Å². The molecule has 4 heteroatoms. The maximum Gasteiger partial charge on any atom is 0.306 e. The summed E-state index contributed by atoms with van der Waals surface area (Å²) < 4.78 is 0. The summed E-state index contributed by atoms with van der Waals surface area (Å²) in [5, 5.41) is 12.8. The third-order valence-electron chi connectivity index (χ3n) is 6.44. The first-order valence-electron chi connectivity index (χ1n) is 9.92. The van der Waals surface area contributed by atoms with Gasteiger partial charge in [-0.25, -0.2) is 0 Å². The van der Waals surface area contributed by atoms with Gasteiger partial charge in [0.05, 0.1) is 5.92 Å². The normalized spacial score (nSPS) is 33.8. The Morgan fingerprint density at radius 1 is 0.957 bits per heavy atom. The molecule has 23 heavy (non-hydrogen) atoms. The van der Waals surface area contributed by atoms with E-state index in [0.29, 0.717) is 12.1 Å². The van der Waals surface area contributed by atoms with Crippen LogP contribution in [-0.2, 0) is 4.79 Å². The number of carboxylic acid groups (broad SMARTS) is 1. The molecule has 1 heterocycles. The zero-order valence-electron chi connectivity index (χ0n) is 14.5. The molecule has 3 aliphatic rings. The number of nitrogens with one attached hydrogen (secondary N) is 1. The predicted octanol–water partition coefficient (Wildman–Crippen LogP) is 3.26. The fourth-order valence-electron chi connectivity index (χ4n) is 4.92. The number of rotatable bonds is 6. The lowest BCUT2D eigenvalue weighted by Gasteiger charge is -2.33. The minimum absolute atomic E-state index is 0.0951. The summed E-state index contributed by atoms with van der Waals surface area (Å²) in [7, 11) is 0. The van der Waals surface area contributed by atoms with Gasteiger partial charge in [0.25, 0.3) is 0 Å². The van der Waals surface area contributed by atoms with E-state index in [1.807, 2.05) is 0 Å². The molecule has 0 aromatic carbocycles. The fraction of sp³-hybridized carbons (Fsp3) is 0.947. The SMILES string of the molecule is O=C(O)C1CCC(NCC2CCCN2CC2CCCCC2)CC1. The summed E-state index contributed by atoms with van der Waals surface area (Å²) in [6.45, 7) is 3.71. The lowest BCUT2D eigenvalue weighted by molar-refractivity contribution is -0.142. The summed E-state index contributed by atoms with van der Waals surface area (Å²) in [6, 6.07) is 1.26. The number of aliphatic carboxylic acids is 1. The van der Waals surface area contributed by atoms with Gasteiger partial charge in [0.15, 0.2) is 0 Å². The van der Waals surface area contributed by atoms with E-state index in [4.69, 9.17) is 5.11 Å². The molecule has 1 unspecified atom stereocenters. The molecule has 0 bridgehead atoms. The Bertz CT molecular complexity index is 374. The molecule has 2 aliphatic carbocycles. The van der Waals surface area contributed by atoms with Crippen LogP contribution in [0.5, 0.6) is 0 Å². The number of carbonyl (C=O) groups is 1. The average molecular weight is 322 g/mol. The van der Waals surface area contributed by atoms with Gasteiger partial charge >= 0.3 is 5.97 Å². The van der Waals surface area contributed by atoms with Gasteiger partial charge in [0, 0.05) is 25.2 Å². The highest BCUT2D eigenvalue weighted by atomic mass is 16.4. The molecule has 0 amide bonds. The molecule has 2 N–H and O–H groups in total. The number of nitrogens with zero attached hydrogens (tertiary/aromatic N) is 1. The van der Waals surface area contributed by atoms with Crippen molar-refractivity contribution in [2.45, 2.75) is 82.7 Å². The molecule has 3 rings (SSSR count). The second-order valence-corrected chi connectivity index (χ2v) is 8.09. The molecule has 0 spiro atoms. The van der Waals surface area contributed by atoms with E-state index in [2.05, 4.69) is 10.2 Å². The lowest BCUT2D eigenvalue weighted by atomic mass is 9.86. The molecule has 2 saturated carbocycles. The largest absolute Gasteiger partial charge is 0.481 e. The standard InChI is InChI=1S/C19H34N2O2/c22-19(23)16-8-10-17(11-9-16)20-13-18-7-4-12-21(18)14-15-5-2-1-3-6-15/h15-18,20H,1-14H2,(H,22,23). The highest BCUT2D eigenvalue weighted by molar-refractivity contribution is 5.70. The Morgan fingerprint density at radius 3 is 2.39 bits per heavy atom. The second kappa shape index (κ2) is 8.48. The highest BCUT2D eigenvalue weighted by Crippen LogP contribution is 2.28. The van der Waals surface area contributed by atoms with E-state index in [-0.39, 0.29) is 5.92 Å². The van der Waals surface area contributed by atoms with Crippen molar-refractivity contribution in [3.63, 3.8) is 0 Å². The Hall–Kier alpha value is -0.610. The molecule has 4 nitrogen and oxygen atoms in total. The van der Waals surface area contributed by atoms with Crippen LogP contribution in [0.1, 0.15) is 70.6 Å². The van der Waals surface area contributed by atoms with Crippen LogP contribution in [0.25, 0.3) is 0 Å². The van der Waals surface area contributed by atoms with E-state index < -0.39 is 5.97 Å². The summed E-state index contributed by atoms with van der Waals surface area (Å²) in [5.41, 5.74) is 0. The van der Waals surface area contributed by atoms with Crippen LogP contribution in [-0.4, -0.2) is 47.7 Å². The van der Waals surface area contributed by atoms with E-state index in [1.54, 1.807) is 0 Å². The first-order chi connectivity index (χ1) is 11.2. The maximum absolute atomic E-state index is 11.0. The van der Waals surface area contributed by atoms with Gasteiger partial charge in [0.1, 0.15) is 0 Å². The molecule has 1 atom stereocenters. The lowest BCUT2D eigenvalue weighted by Crippen LogP contribution is -2.44. The van der Waals surface area contributed by atoms with E-state index in [0.717, 1.165) is 38.1 Å². The molecule has 0 aromatic rings. The van der Waals surface area contributed by atoms with Gasteiger partial charge in [0.2, 0.25) is 0 Å². The average Bonchev–Trinajstić information content (AvgIpc) is 3.01. The van der Waals surface area contributed by atoms with Gasteiger partial charge in [-0.2, -0.15) is 0 Å². The molecule has 3 fully saturated rings. The third-order valence-corrected chi connectivity index (χ3v) is 6.44. The summed E-state index contributed by atoms with van der Waals surface area (Å²) >= 11 is 0. The van der Waals surface area contributed by atoms with Gasteiger partial charge < -0.3 is 10.4 Å². The molecule has 132 valence electrons. The van der Waals surface area contributed by atoms with Crippen LogP contribution in [0.3, 0.4) is 0 Å². The van der Waals surface area contributed by atoms with Gasteiger partial charge in [-0.1, -0.05) is 19.3 Å². The topological polar surface area (TPSA) is 52.6 Å². The van der Waals surface area contributed by atoms with E-state index in [9.17, 15) is 4.79 Å². The predicted molar refractivity (Wildman–Crippen MR) is 92.6 cm³/mol. The van der Waals surface area contributed by atoms with Crippen molar-refractivity contribution in [1.29, 1.82) is 0 Å². The number of likely N-dealkylation sites (tertiary alicyclic amines) is 1. The summed E-state index contributed by atoms with van der Waals surface area (Å²) in [5.74, 6) is 0.246. The maximum atomic E-state index is 11.0. The van der Waals surface area contributed by atoms with Gasteiger partial charge in [-0.15, -0.1) is 0 Å². The van der Waals surface area contributed by atoms with Crippen molar-refractivity contribution in [2.24, 2.45) is 11.8 Å². The molecule has 1 saturated heterocycles. The summed E-state index contributed by atoms with van der Waals surface area (Å²) in [6.07, 6.45) is 13.7. The highest BCUT2D eigenvalue weighted by Gasteiger charge is 2.29. The van der Waals surface area contributed by atoms with Gasteiger partial charge in [-0.3, -0.25) is 9.69 Å². The van der Waals surface area contributed by atoms with E-state index >= 15 is 0 Å². The van der Waals surface area contributed by atoms with Crippen molar-refractivity contribution in [3.8, 4) is 0 Å². The van der Waals surface area contributed by atoms with Crippen LogP contribution >= 0.6 is 0 Å². The molecular weight excluding hydrogens is 288 g/mol. The Balaban J connectivity index is 1.38. The van der Waals surface area contributed by atoms with Crippen LogP contribution < -0.4 is 5.32 Å². The fourth-order valence-corrected chi connectivity index (χ4v) is 4.92. The minimum atomic E-state index is -0.599. The van der Waals surface area contributed by atoms with E-state index in [1.165, 1.54) is 58.0 Å². The monoisotopic (exact) mass is 322 g/mol. The molecule has 0 aromatic heterocycles. The van der Waals surface area contributed by atoms with Crippen LogP contribution in [0.15, 0.2) is 0 Å². The first kappa shape index (κ1) is 17.2. The van der Waals surface area contributed by atoms with Crippen LogP contribution in [0.4, 0.5) is 0 Å². The number of hydrogen-bond acceptors (Lipinski definition) is 3. The van der Waals surface area contributed by atoms with Gasteiger partial charge in [-0.05, 0) is 63.8 Å². The summed E-state index contributed by atoms with van der Waals surface area (Å²) in [4.78, 5) is 13.8. The van der Waals surface area contributed by atoms with Crippen molar-refractivity contribution in [1.82, 2.24) is 10.2 Å². The Morgan fingerprint density at radius 2 is 1.70 bits per heavy atom. The van der Waals surface area contributed by atoms with Crippen molar-refractivity contribution < 1.29 is 9.90 Å². The molecule has 1 aliphatic heterocycles. The Labute approximate surface area is 141 Å². The quantitative estimate of drug-likeness (QED) is 0.788. The smallest absolute Gasteiger partial charge is 0.306 e. The third kappa shape index (κ3) is 4.93. The second-order valence-electron chi connectivity index (χ2n) is 8.09. The zero-order valence-corrected chi connectivity index (χ0v) is 14.5. The number of carboxylic acids is 1. The van der Waals surface area contributed by atoms with Crippen molar-refractivity contribution in [2.75, 3.05) is 19.6 Å². The first-order valence-corrected chi connectivity index (χ1v) is 9.92. The number of hydrogen-bond donors (Lipinski definition) is 2. The molecule has 0 radical (unpaired) electrons. The zero-order chi connectivity index (χ0) is 16.1. The Kier molecular flexibility index (Phi) is 6.35. The molecular formula is C19H34N2O2. The van der Waals surface area contributed by atoms with Crippen molar-refractivity contribution in [3.05, 3.63) is 0 Å². The van der Waals surface area contributed by atoms with Crippen LogP contribution in [0.2, 0.25) is 0 Å². The minimum Gasteiger partial charge on any atom is -0.481 e. The van der Waals surface area contributed by atoms with Crippen molar-refractivity contribution >= 4 is 5.97 Å².